The number of halogens is 3. The third kappa shape index (κ3) is 3.33. The summed E-state index contributed by atoms with van der Waals surface area (Å²) in [5.74, 6) is 0.700. The minimum Gasteiger partial charge on any atom is -0.318 e. The van der Waals surface area contributed by atoms with Gasteiger partial charge in [-0.1, -0.05) is 6.92 Å². The van der Waals surface area contributed by atoms with Gasteiger partial charge in [0.05, 0.1) is 10.6 Å². The number of rotatable bonds is 4. The average Bonchev–Trinajstić information content (AvgIpc) is 3.24. The van der Waals surface area contributed by atoms with Gasteiger partial charge < -0.3 is 9.13 Å². The molecule has 1 aliphatic rings. The zero-order valence-corrected chi connectivity index (χ0v) is 17.7. The van der Waals surface area contributed by atoms with E-state index < -0.39 is 31.0 Å². The summed E-state index contributed by atoms with van der Waals surface area (Å²) in [6.07, 6.45) is 3.23. The van der Waals surface area contributed by atoms with Crippen LogP contribution in [0.2, 0.25) is 0 Å². The average molecular weight is 461 g/mol. The Hall–Kier alpha value is -2.28. The predicted molar refractivity (Wildman–Crippen MR) is 103 cm³/mol. The first-order valence-electron chi connectivity index (χ1n) is 9.18. The smallest absolute Gasteiger partial charge is 0.318 e. The molecule has 13 heteroatoms. The lowest BCUT2D eigenvalue weighted by Crippen LogP contribution is -2.17. The summed E-state index contributed by atoms with van der Waals surface area (Å²) >= 11 is 0. The highest BCUT2D eigenvalue weighted by atomic mass is 32.2. The molecule has 0 bridgehead atoms. The van der Waals surface area contributed by atoms with Crippen molar-refractivity contribution in [2.75, 3.05) is 5.75 Å². The largest absolute Gasteiger partial charge is 0.475 e. The van der Waals surface area contributed by atoms with Crippen LogP contribution < -0.4 is 0 Å². The number of aromatic nitrogens is 5. The van der Waals surface area contributed by atoms with Crippen LogP contribution in [0.5, 0.6) is 0 Å². The molecule has 0 aromatic carbocycles. The Kier molecular flexibility index (Phi) is 5.00. The van der Waals surface area contributed by atoms with Gasteiger partial charge in [-0.25, -0.2) is 27.6 Å². The minimum absolute atomic E-state index is 0.0668. The summed E-state index contributed by atoms with van der Waals surface area (Å²) in [6, 6.07) is 1.05. The van der Waals surface area contributed by atoms with Gasteiger partial charge in [0.1, 0.15) is 17.0 Å². The molecule has 3 aromatic rings. The van der Waals surface area contributed by atoms with Gasteiger partial charge >= 0.3 is 5.51 Å². The minimum atomic E-state index is -4.92. The van der Waals surface area contributed by atoms with Crippen LogP contribution in [-0.4, -0.2) is 48.0 Å². The van der Waals surface area contributed by atoms with Gasteiger partial charge in [0, 0.05) is 26.2 Å². The molecule has 0 spiro atoms. The second-order valence-corrected chi connectivity index (χ2v) is 10.6. The number of nitrogens with zero attached hydrogens (tertiary/aromatic N) is 5. The molecule has 0 amide bonds. The van der Waals surface area contributed by atoms with Crippen molar-refractivity contribution in [3.05, 3.63) is 18.1 Å². The van der Waals surface area contributed by atoms with E-state index in [0.29, 0.717) is 18.8 Å². The van der Waals surface area contributed by atoms with Crippen molar-refractivity contribution < 1.29 is 25.8 Å². The second-order valence-electron chi connectivity index (χ2n) is 6.92. The van der Waals surface area contributed by atoms with Crippen LogP contribution in [0.1, 0.15) is 25.6 Å². The number of aryl methyl sites for hydroxylation is 2. The first kappa shape index (κ1) is 21.0. The SMILES string of the molecule is CCS(=O)(=O)c1c(-c2nc3cc(S(=O)C(F)(F)F)cnc3n2C)nc2n1CCCC2. The number of hydrogen-bond donors (Lipinski definition) is 0. The molecule has 4 heterocycles. The maximum Gasteiger partial charge on any atom is 0.475 e. The molecule has 0 aliphatic carbocycles. The van der Waals surface area contributed by atoms with E-state index in [1.165, 1.54) is 11.5 Å². The maximum absolute atomic E-state index is 12.8. The topological polar surface area (TPSA) is 99.7 Å². The van der Waals surface area contributed by atoms with Crippen molar-refractivity contribution in [1.82, 2.24) is 24.1 Å². The van der Waals surface area contributed by atoms with Crippen molar-refractivity contribution >= 4 is 31.8 Å². The second kappa shape index (κ2) is 7.15. The Balaban J connectivity index is 1.93. The molecular formula is C17H18F3N5O3S2. The van der Waals surface area contributed by atoms with Gasteiger partial charge in [-0.15, -0.1) is 0 Å². The zero-order valence-electron chi connectivity index (χ0n) is 16.1. The number of alkyl halides is 3. The van der Waals surface area contributed by atoms with Gasteiger partial charge in [0.15, 0.2) is 37.1 Å². The Labute approximate surface area is 172 Å². The molecule has 30 heavy (non-hydrogen) atoms. The zero-order chi connectivity index (χ0) is 21.8. The van der Waals surface area contributed by atoms with E-state index in [4.69, 9.17) is 0 Å². The summed E-state index contributed by atoms with van der Waals surface area (Å²) in [6.45, 7) is 2.06. The molecule has 4 rings (SSSR count). The van der Waals surface area contributed by atoms with E-state index in [1.807, 2.05) is 0 Å². The molecule has 0 N–H and O–H groups in total. The molecule has 0 radical (unpaired) electrons. The van der Waals surface area contributed by atoms with Crippen LogP contribution >= 0.6 is 0 Å². The molecule has 8 nitrogen and oxygen atoms in total. The van der Waals surface area contributed by atoms with Crippen molar-refractivity contribution in [2.45, 2.75) is 48.2 Å². The highest BCUT2D eigenvalue weighted by molar-refractivity contribution is 7.91. The van der Waals surface area contributed by atoms with Crippen molar-refractivity contribution in [2.24, 2.45) is 7.05 Å². The maximum atomic E-state index is 12.8. The first-order valence-corrected chi connectivity index (χ1v) is 12.0. The molecule has 0 saturated heterocycles. The predicted octanol–water partition coefficient (Wildman–Crippen LogP) is 2.59. The summed E-state index contributed by atoms with van der Waals surface area (Å²) in [5.41, 5.74) is -4.45. The van der Waals surface area contributed by atoms with Crippen molar-refractivity contribution in [1.29, 1.82) is 0 Å². The molecule has 1 atom stereocenters. The Bertz CT molecular complexity index is 1280. The van der Waals surface area contributed by atoms with E-state index in [9.17, 15) is 25.8 Å². The summed E-state index contributed by atoms with van der Waals surface area (Å²) in [5, 5.41) is 0.0668. The number of pyridine rings is 1. The molecule has 1 unspecified atom stereocenters. The lowest BCUT2D eigenvalue weighted by atomic mass is 10.2. The highest BCUT2D eigenvalue weighted by Crippen LogP contribution is 2.33. The quantitative estimate of drug-likeness (QED) is 0.592. The first-order chi connectivity index (χ1) is 14.0. The van der Waals surface area contributed by atoms with Gasteiger partial charge in [-0.05, 0) is 18.9 Å². The summed E-state index contributed by atoms with van der Waals surface area (Å²) < 4.78 is 78.9. The van der Waals surface area contributed by atoms with Gasteiger partial charge in [-0.2, -0.15) is 13.2 Å². The number of fused-ring (bicyclic) bond motifs is 2. The van der Waals surface area contributed by atoms with Crippen LogP contribution in [0.25, 0.3) is 22.7 Å². The fourth-order valence-electron chi connectivity index (χ4n) is 3.56. The number of hydrogen-bond acceptors (Lipinski definition) is 6. The Morgan fingerprint density at radius 1 is 1.23 bits per heavy atom. The molecule has 0 saturated carbocycles. The Morgan fingerprint density at radius 2 is 1.97 bits per heavy atom. The summed E-state index contributed by atoms with van der Waals surface area (Å²) in [4.78, 5) is 12.3. The normalized spacial score (nSPS) is 16.0. The monoisotopic (exact) mass is 461 g/mol. The third-order valence-corrected chi connectivity index (χ3v) is 7.86. The number of imidazole rings is 2. The molecule has 0 fully saturated rings. The summed E-state index contributed by atoms with van der Waals surface area (Å²) in [7, 11) is -5.30. The fraction of sp³-hybridized carbons (Fsp3) is 0.471. The van der Waals surface area contributed by atoms with E-state index in [2.05, 4.69) is 15.0 Å². The Morgan fingerprint density at radius 3 is 2.63 bits per heavy atom. The molecular weight excluding hydrogens is 443 g/mol. The van der Waals surface area contributed by atoms with Crippen LogP contribution in [0.3, 0.4) is 0 Å². The standard InChI is InChI=1S/C17H18F3N5O3S2/c1-3-30(27,28)16-13(23-12-6-4-5-7-25(12)16)15-22-11-8-10(29(26)17(18,19)20)9-21-14(11)24(15)2/h8-9H,3-7H2,1-2H3. The fourth-order valence-corrected chi connectivity index (χ4v) is 5.43. The van der Waals surface area contributed by atoms with Crippen molar-refractivity contribution in [3.8, 4) is 11.5 Å². The van der Waals surface area contributed by atoms with Crippen LogP contribution in [0, 0.1) is 0 Å². The van der Waals surface area contributed by atoms with Gasteiger partial charge in [0.2, 0.25) is 0 Å². The van der Waals surface area contributed by atoms with E-state index in [1.54, 1.807) is 11.6 Å². The molecule has 162 valence electrons. The molecule has 3 aromatic heterocycles. The van der Waals surface area contributed by atoms with E-state index in [0.717, 1.165) is 25.1 Å². The van der Waals surface area contributed by atoms with Crippen LogP contribution in [-0.2, 0) is 40.7 Å². The lowest BCUT2D eigenvalue weighted by Gasteiger charge is -2.16. The third-order valence-electron chi connectivity index (χ3n) is 5.03. The van der Waals surface area contributed by atoms with Crippen molar-refractivity contribution in [3.63, 3.8) is 0 Å². The van der Waals surface area contributed by atoms with E-state index in [-0.39, 0.29) is 33.5 Å². The van der Waals surface area contributed by atoms with Gasteiger partial charge in [0.25, 0.3) is 0 Å². The van der Waals surface area contributed by atoms with Crippen LogP contribution in [0.4, 0.5) is 13.2 Å². The van der Waals surface area contributed by atoms with Crippen LogP contribution in [0.15, 0.2) is 22.2 Å². The van der Waals surface area contributed by atoms with E-state index >= 15 is 0 Å². The number of sulfone groups is 1. The molecule has 1 aliphatic heterocycles. The lowest BCUT2D eigenvalue weighted by molar-refractivity contribution is -0.0384. The highest BCUT2D eigenvalue weighted by Gasteiger charge is 2.38. The van der Waals surface area contributed by atoms with Gasteiger partial charge in [-0.3, -0.25) is 0 Å².